The Balaban J connectivity index is 3.23. The van der Waals surface area contributed by atoms with Crippen LogP contribution in [0.4, 0.5) is 0 Å². The molecule has 0 fully saturated rings. The van der Waals surface area contributed by atoms with Crippen LogP contribution in [0, 0.1) is 0 Å². The molecule has 0 saturated carbocycles. The van der Waals surface area contributed by atoms with Gasteiger partial charge in [-0.15, -0.1) is 23.4 Å². The van der Waals surface area contributed by atoms with E-state index in [1.165, 1.54) is 0 Å². The lowest BCUT2D eigenvalue weighted by molar-refractivity contribution is 0.0993. The summed E-state index contributed by atoms with van der Waals surface area (Å²) in [6.07, 6.45) is 1.96. The van der Waals surface area contributed by atoms with Gasteiger partial charge in [0, 0.05) is 16.3 Å². The number of Topliss-reactive ketones (excluding diaryl/α,β-unsaturated/α-hetero) is 1. The van der Waals surface area contributed by atoms with Gasteiger partial charge in [0.25, 0.3) is 0 Å². The molecule has 82 valence electrons. The van der Waals surface area contributed by atoms with E-state index in [9.17, 15) is 4.79 Å². The predicted octanol–water partition coefficient (Wildman–Crippen LogP) is 4.11. The van der Waals surface area contributed by atoms with Gasteiger partial charge in [-0.3, -0.25) is 4.79 Å². The Bertz CT molecular complexity index is 366. The lowest BCUT2D eigenvalue weighted by Crippen LogP contribution is -2.11. The second-order valence-electron chi connectivity index (χ2n) is 3.11. The predicted molar refractivity (Wildman–Crippen MR) is 70.5 cm³/mol. The first-order chi connectivity index (χ1) is 7.11. The molecule has 4 heteroatoms. The minimum absolute atomic E-state index is 0.103. The summed E-state index contributed by atoms with van der Waals surface area (Å²) in [5.41, 5.74) is 1.77. The zero-order valence-corrected chi connectivity index (χ0v) is 11.7. The molecule has 1 unspecified atom stereocenters. The molecular weight excluding hydrogens is 296 g/mol. The van der Waals surface area contributed by atoms with Crippen molar-refractivity contribution >= 4 is 45.1 Å². The Hall–Kier alpha value is 0.01000. The fraction of sp³-hybridized carbons (Fsp3) is 0.364. The van der Waals surface area contributed by atoms with Crippen molar-refractivity contribution in [2.45, 2.75) is 22.5 Å². The molecule has 15 heavy (non-hydrogen) atoms. The van der Waals surface area contributed by atoms with Crippen LogP contribution < -0.4 is 0 Å². The first-order valence-corrected chi connectivity index (χ1v) is 7.19. The van der Waals surface area contributed by atoms with Crippen molar-refractivity contribution < 1.29 is 4.79 Å². The highest BCUT2D eigenvalue weighted by molar-refractivity contribution is 9.10. The largest absolute Gasteiger partial charge is 0.293 e. The van der Waals surface area contributed by atoms with Gasteiger partial charge in [0.2, 0.25) is 0 Å². The number of benzene rings is 1. The molecule has 0 spiro atoms. The van der Waals surface area contributed by atoms with E-state index in [1.54, 1.807) is 11.8 Å². The average molecular weight is 308 g/mol. The monoisotopic (exact) mass is 306 g/mol. The minimum atomic E-state index is -0.158. The molecule has 1 aromatic rings. The maximum Gasteiger partial charge on any atom is 0.177 e. The molecule has 0 radical (unpaired) electrons. The van der Waals surface area contributed by atoms with Gasteiger partial charge in [0.15, 0.2) is 5.78 Å². The minimum Gasteiger partial charge on any atom is -0.293 e. The zero-order valence-electron chi connectivity index (χ0n) is 8.59. The molecule has 0 aliphatic rings. The SMILES string of the molecule is CSc1c(CCl)cccc1C(=O)C(C)Br. The molecule has 0 bridgehead atoms. The van der Waals surface area contributed by atoms with Crippen molar-refractivity contribution in [3.05, 3.63) is 29.3 Å². The van der Waals surface area contributed by atoms with Crippen LogP contribution in [0.15, 0.2) is 23.1 Å². The van der Waals surface area contributed by atoms with Gasteiger partial charge in [-0.1, -0.05) is 34.1 Å². The van der Waals surface area contributed by atoms with E-state index in [-0.39, 0.29) is 10.6 Å². The van der Waals surface area contributed by atoms with E-state index in [0.717, 1.165) is 16.0 Å². The third-order valence-corrected chi connectivity index (χ3v) is 3.67. The Morgan fingerprint density at radius 1 is 1.60 bits per heavy atom. The summed E-state index contributed by atoms with van der Waals surface area (Å²) in [6, 6.07) is 5.68. The second-order valence-corrected chi connectivity index (χ2v) is 5.57. The van der Waals surface area contributed by atoms with Crippen molar-refractivity contribution in [2.75, 3.05) is 6.26 Å². The molecule has 0 saturated heterocycles. The van der Waals surface area contributed by atoms with E-state index >= 15 is 0 Å². The number of rotatable bonds is 4. The van der Waals surface area contributed by atoms with Gasteiger partial charge in [-0.05, 0) is 18.7 Å². The highest BCUT2D eigenvalue weighted by atomic mass is 79.9. The van der Waals surface area contributed by atoms with Crippen LogP contribution in [0.3, 0.4) is 0 Å². The van der Waals surface area contributed by atoms with Crippen LogP contribution >= 0.6 is 39.3 Å². The van der Waals surface area contributed by atoms with E-state index in [2.05, 4.69) is 15.9 Å². The summed E-state index contributed by atoms with van der Waals surface area (Å²) < 4.78 is 0. The van der Waals surface area contributed by atoms with Gasteiger partial charge in [-0.2, -0.15) is 0 Å². The average Bonchev–Trinajstić information content (AvgIpc) is 2.26. The Morgan fingerprint density at radius 3 is 2.73 bits per heavy atom. The normalized spacial score (nSPS) is 12.5. The van der Waals surface area contributed by atoms with E-state index in [1.807, 2.05) is 31.4 Å². The Labute approximate surface area is 108 Å². The summed E-state index contributed by atoms with van der Waals surface area (Å²) in [4.78, 5) is 12.7. The third kappa shape index (κ3) is 2.99. The fourth-order valence-electron chi connectivity index (χ4n) is 1.34. The molecule has 0 aromatic heterocycles. The number of carbonyl (C=O) groups excluding carboxylic acids is 1. The van der Waals surface area contributed by atoms with Gasteiger partial charge in [0.1, 0.15) is 0 Å². The van der Waals surface area contributed by atoms with Crippen molar-refractivity contribution in [1.29, 1.82) is 0 Å². The first kappa shape index (κ1) is 13.1. The third-order valence-electron chi connectivity index (χ3n) is 2.07. The van der Waals surface area contributed by atoms with E-state index < -0.39 is 0 Å². The maximum atomic E-state index is 11.9. The zero-order chi connectivity index (χ0) is 11.4. The van der Waals surface area contributed by atoms with E-state index in [4.69, 9.17) is 11.6 Å². The summed E-state index contributed by atoms with van der Waals surface area (Å²) >= 11 is 10.7. The molecule has 0 aliphatic heterocycles. The number of hydrogen-bond donors (Lipinski definition) is 0. The number of halogens is 2. The number of ketones is 1. The molecule has 0 aliphatic carbocycles. The number of hydrogen-bond acceptors (Lipinski definition) is 2. The van der Waals surface area contributed by atoms with Gasteiger partial charge in [0.05, 0.1) is 4.83 Å². The topological polar surface area (TPSA) is 17.1 Å². The number of thioether (sulfide) groups is 1. The molecule has 0 amide bonds. The Kier molecular flexibility index (Phi) is 5.16. The molecule has 1 atom stereocenters. The van der Waals surface area contributed by atoms with E-state index in [0.29, 0.717) is 5.88 Å². The van der Waals surface area contributed by atoms with Crippen LogP contribution in [-0.2, 0) is 5.88 Å². The second kappa shape index (κ2) is 5.92. The smallest absolute Gasteiger partial charge is 0.177 e. The van der Waals surface area contributed by atoms with Crippen LogP contribution in [0.25, 0.3) is 0 Å². The van der Waals surface area contributed by atoms with Crippen molar-refractivity contribution in [3.8, 4) is 0 Å². The van der Waals surface area contributed by atoms with Crippen LogP contribution in [-0.4, -0.2) is 16.9 Å². The first-order valence-electron chi connectivity index (χ1n) is 4.52. The number of alkyl halides is 2. The van der Waals surface area contributed by atoms with Gasteiger partial charge < -0.3 is 0 Å². The summed E-state index contributed by atoms with van der Waals surface area (Å²) in [7, 11) is 0. The lowest BCUT2D eigenvalue weighted by atomic mass is 10.1. The molecule has 1 aromatic carbocycles. The highest BCUT2D eigenvalue weighted by Gasteiger charge is 2.17. The Morgan fingerprint density at radius 2 is 2.27 bits per heavy atom. The van der Waals surface area contributed by atoms with Crippen LogP contribution in [0.1, 0.15) is 22.8 Å². The molecule has 1 rings (SSSR count). The molecular formula is C11H12BrClOS. The fourth-order valence-corrected chi connectivity index (χ4v) is 2.68. The summed E-state index contributed by atoms with van der Waals surface area (Å²) in [5.74, 6) is 0.542. The standard InChI is InChI=1S/C11H12BrClOS/c1-7(12)10(14)9-5-3-4-8(6-13)11(9)15-2/h3-5,7H,6H2,1-2H3. The number of carbonyl (C=O) groups is 1. The van der Waals surface area contributed by atoms with Crippen molar-refractivity contribution in [1.82, 2.24) is 0 Å². The molecule has 0 N–H and O–H groups in total. The van der Waals surface area contributed by atoms with Crippen molar-refractivity contribution in [3.63, 3.8) is 0 Å². The molecule has 0 heterocycles. The quantitative estimate of drug-likeness (QED) is 0.473. The van der Waals surface area contributed by atoms with Crippen LogP contribution in [0.5, 0.6) is 0 Å². The van der Waals surface area contributed by atoms with Gasteiger partial charge >= 0.3 is 0 Å². The lowest BCUT2D eigenvalue weighted by Gasteiger charge is -2.11. The molecule has 1 nitrogen and oxygen atoms in total. The maximum absolute atomic E-state index is 11.9. The summed E-state index contributed by atoms with van der Waals surface area (Å²) in [6.45, 7) is 1.83. The summed E-state index contributed by atoms with van der Waals surface area (Å²) in [5, 5.41) is 0. The van der Waals surface area contributed by atoms with Crippen molar-refractivity contribution in [2.24, 2.45) is 0 Å². The van der Waals surface area contributed by atoms with Gasteiger partial charge in [-0.25, -0.2) is 0 Å². The highest BCUT2D eigenvalue weighted by Crippen LogP contribution is 2.28. The van der Waals surface area contributed by atoms with Crippen LogP contribution in [0.2, 0.25) is 0 Å².